The van der Waals surface area contributed by atoms with Crippen LogP contribution in [0, 0.1) is 5.92 Å². The van der Waals surface area contributed by atoms with Crippen LogP contribution in [0.5, 0.6) is 5.75 Å². The van der Waals surface area contributed by atoms with Crippen molar-refractivity contribution >= 4 is 11.6 Å². The Morgan fingerprint density at radius 1 is 1.37 bits per heavy atom. The van der Waals surface area contributed by atoms with Crippen LogP contribution in [0.1, 0.15) is 44.0 Å². The second kappa shape index (κ2) is 7.02. The largest absolute Gasteiger partial charge is 0.495 e. The summed E-state index contributed by atoms with van der Waals surface area (Å²) in [5.74, 6) is 0.998. The highest BCUT2D eigenvalue weighted by Gasteiger charge is 2.17. The normalized spacial score (nSPS) is 12.3. The Morgan fingerprint density at radius 3 is 2.47 bits per heavy atom. The van der Waals surface area contributed by atoms with Gasteiger partial charge in [0, 0.05) is 11.6 Å². The molecule has 0 spiro atoms. The van der Waals surface area contributed by atoms with Gasteiger partial charge in [-0.3, -0.25) is 4.79 Å². The molecule has 1 atom stereocenters. The van der Waals surface area contributed by atoms with Gasteiger partial charge >= 0.3 is 0 Å². The summed E-state index contributed by atoms with van der Waals surface area (Å²) in [4.78, 5) is 12.1. The van der Waals surface area contributed by atoms with E-state index in [2.05, 4.69) is 19.2 Å². The van der Waals surface area contributed by atoms with Crippen LogP contribution in [0.25, 0.3) is 0 Å². The highest BCUT2D eigenvalue weighted by Crippen LogP contribution is 2.22. The van der Waals surface area contributed by atoms with E-state index in [1.807, 2.05) is 6.92 Å². The summed E-state index contributed by atoms with van der Waals surface area (Å²) in [6, 6.07) is 5.25. The molecule has 19 heavy (non-hydrogen) atoms. The van der Waals surface area contributed by atoms with E-state index in [1.165, 1.54) is 0 Å². The maximum Gasteiger partial charge on any atom is 0.251 e. The number of anilines is 1. The lowest BCUT2D eigenvalue weighted by Gasteiger charge is -2.22. The second-order valence-corrected chi connectivity index (χ2v) is 4.80. The molecule has 1 rings (SSSR count). The Labute approximate surface area is 115 Å². The molecule has 4 heteroatoms. The van der Waals surface area contributed by atoms with Gasteiger partial charge in [0.05, 0.1) is 12.8 Å². The van der Waals surface area contributed by atoms with Gasteiger partial charge in [0.15, 0.2) is 0 Å². The number of rotatable bonds is 6. The molecule has 106 valence electrons. The summed E-state index contributed by atoms with van der Waals surface area (Å²) < 4.78 is 5.08. The first-order chi connectivity index (χ1) is 9.03. The number of nitrogens with two attached hydrogens (primary N) is 1. The van der Waals surface area contributed by atoms with Crippen LogP contribution in [0.4, 0.5) is 5.69 Å². The summed E-state index contributed by atoms with van der Waals surface area (Å²) in [6.07, 6.45) is 2.12. The molecule has 0 radical (unpaired) electrons. The van der Waals surface area contributed by atoms with Gasteiger partial charge in [-0.1, -0.05) is 26.7 Å². The Kier molecular flexibility index (Phi) is 5.67. The first kappa shape index (κ1) is 15.3. The molecule has 0 aromatic heterocycles. The van der Waals surface area contributed by atoms with Gasteiger partial charge in [-0.2, -0.15) is 0 Å². The summed E-state index contributed by atoms with van der Waals surface area (Å²) in [6.45, 7) is 6.33. The van der Waals surface area contributed by atoms with Crippen molar-refractivity contribution in [1.82, 2.24) is 5.32 Å². The topological polar surface area (TPSA) is 64.3 Å². The smallest absolute Gasteiger partial charge is 0.251 e. The fourth-order valence-corrected chi connectivity index (χ4v) is 2.28. The zero-order chi connectivity index (χ0) is 14.4. The molecule has 0 saturated carbocycles. The SMILES string of the molecule is CCC(CC)C(C)NC(=O)c1ccc(OC)c(N)c1. The molecule has 3 N–H and O–H groups in total. The number of ether oxygens (including phenoxy) is 1. The lowest BCUT2D eigenvalue weighted by molar-refractivity contribution is 0.0925. The predicted molar refractivity (Wildman–Crippen MR) is 78.4 cm³/mol. The Hall–Kier alpha value is -1.71. The zero-order valence-electron chi connectivity index (χ0n) is 12.2. The van der Waals surface area contributed by atoms with E-state index in [4.69, 9.17) is 10.5 Å². The number of amides is 1. The minimum atomic E-state index is -0.0891. The first-order valence-corrected chi connectivity index (χ1v) is 6.77. The van der Waals surface area contributed by atoms with E-state index < -0.39 is 0 Å². The zero-order valence-corrected chi connectivity index (χ0v) is 12.2. The molecule has 0 bridgehead atoms. The number of nitrogens with one attached hydrogen (secondary N) is 1. The number of methoxy groups -OCH3 is 1. The van der Waals surface area contributed by atoms with Crippen LogP contribution < -0.4 is 15.8 Å². The summed E-state index contributed by atoms with van der Waals surface area (Å²) in [5.41, 5.74) is 6.85. The van der Waals surface area contributed by atoms with Gasteiger partial charge in [-0.05, 0) is 31.0 Å². The number of nitrogen functional groups attached to an aromatic ring is 1. The summed E-state index contributed by atoms with van der Waals surface area (Å²) >= 11 is 0. The van der Waals surface area contributed by atoms with Crippen LogP contribution in [0.15, 0.2) is 18.2 Å². The number of carbonyl (C=O) groups excluding carboxylic acids is 1. The van der Waals surface area contributed by atoms with Crippen molar-refractivity contribution in [1.29, 1.82) is 0 Å². The second-order valence-electron chi connectivity index (χ2n) is 4.80. The van der Waals surface area contributed by atoms with Crippen LogP contribution >= 0.6 is 0 Å². The molecule has 0 fully saturated rings. The van der Waals surface area contributed by atoms with Gasteiger partial charge in [0.2, 0.25) is 0 Å². The van der Waals surface area contributed by atoms with Crippen molar-refractivity contribution in [2.24, 2.45) is 5.92 Å². The minimum absolute atomic E-state index is 0.0891. The van der Waals surface area contributed by atoms with E-state index in [-0.39, 0.29) is 11.9 Å². The third-order valence-corrected chi connectivity index (χ3v) is 3.61. The molecule has 0 aliphatic rings. The van der Waals surface area contributed by atoms with Crippen molar-refractivity contribution in [2.45, 2.75) is 39.7 Å². The molecule has 1 amide bonds. The van der Waals surface area contributed by atoms with E-state index in [1.54, 1.807) is 25.3 Å². The van der Waals surface area contributed by atoms with Crippen LogP contribution in [-0.4, -0.2) is 19.1 Å². The van der Waals surface area contributed by atoms with Crippen LogP contribution in [-0.2, 0) is 0 Å². The molecule has 0 saturated heterocycles. The first-order valence-electron chi connectivity index (χ1n) is 6.77. The van der Waals surface area contributed by atoms with E-state index in [9.17, 15) is 4.79 Å². The Bertz CT molecular complexity index is 428. The molecule has 1 aromatic rings. The van der Waals surface area contributed by atoms with Crippen molar-refractivity contribution < 1.29 is 9.53 Å². The monoisotopic (exact) mass is 264 g/mol. The maximum absolute atomic E-state index is 12.1. The minimum Gasteiger partial charge on any atom is -0.495 e. The highest BCUT2D eigenvalue weighted by molar-refractivity contribution is 5.95. The van der Waals surface area contributed by atoms with Crippen molar-refractivity contribution in [3.63, 3.8) is 0 Å². The molecule has 1 aromatic carbocycles. The third-order valence-electron chi connectivity index (χ3n) is 3.61. The Morgan fingerprint density at radius 2 is 2.00 bits per heavy atom. The lowest BCUT2D eigenvalue weighted by Crippen LogP contribution is -2.37. The van der Waals surface area contributed by atoms with Gasteiger partial charge in [0.1, 0.15) is 5.75 Å². The summed E-state index contributed by atoms with van der Waals surface area (Å²) in [7, 11) is 1.56. The van der Waals surface area contributed by atoms with Gasteiger partial charge < -0.3 is 15.8 Å². The van der Waals surface area contributed by atoms with Crippen molar-refractivity contribution in [2.75, 3.05) is 12.8 Å². The molecule has 4 nitrogen and oxygen atoms in total. The third kappa shape index (κ3) is 3.88. The molecule has 1 unspecified atom stereocenters. The number of hydrogen-bond acceptors (Lipinski definition) is 3. The average molecular weight is 264 g/mol. The molecule has 0 heterocycles. The fourth-order valence-electron chi connectivity index (χ4n) is 2.28. The molecule has 0 aliphatic heterocycles. The van der Waals surface area contributed by atoms with Gasteiger partial charge in [-0.25, -0.2) is 0 Å². The summed E-state index contributed by atoms with van der Waals surface area (Å²) in [5, 5.41) is 3.03. The number of carbonyl (C=O) groups is 1. The molecule has 0 aliphatic carbocycles. The quantitative estimate of drug-likeness (QED) is 0.776. The predicted octanol–water partition coefficient (Wildman–Crippen LogP) is 2.83. The van der Waals surface area contributed by atoms with Crippen LogP contribution in [0.2, 0.25) is 0 Å². The molecular weight excluding hydrogens is 240 g/mol. The lowest BCUT2D eigenvalue weighted by atomic mass is 9.95. The standard InChI is InChI=1S/C15H24N2O2/c1-5-11(6-2)10(3)17-15(18)12-7-8-14(19-4)13(16)9-12/h7-11H,5-6,16H2,1-4H3,(H,17,18). The number of benzene rings is 1. The van der Waals surface area contributed by atoms with Crippen molar-refractivity contribution in [3.05, 3.63) is 23.8 Å². The van der Waals surface area contributed by atoms with E-state index >= 15 is 0 Å². The highest BCUT2D eigenvalue weighted by atomic mass is 16.5. The van der Waals surface area contributed by atoms with E-state index in [0.29, 0.717) is 22.9 Å². The van der Waals surface area contributed by atoms with Gasteiger partial charge in [0.25, 0.3) is 5.91 Å². The number of hydrogen-bond donors (Lipinski definition) is 2. The molecular formula is C15H24N2O2. The van der Waals surface area contributed by atoms with Crippen molar-refractivity contribution in [3.8, 4) is 5.75 Å². The Balaban J connectivity index is 2.75. The average Bonchev–Trinajstić information content (AvgIpc) is 2.39. The van der Waals surface area contributed by atoms with E-state index in [0.717, 1.165) is 12.8 Å². The fraction of sp³-hybridized carbons (Fsp3) is 0.533. The maximum atomic E-state index is 12.1. The van der Waals surface area contributed by atoms with Crippen LogP contribution in [0.3, 0.4) is 0 Å². The van der Waals surface area contributed by atoms with Gasteiger partial charge in [-0.15, -0.1) is 0 Å².